The number of hydrogen-bond acceptors (Lipinski definition) is 3. The van der Waals surface area contributed by atoms with Gasteiger partial charge in [0.2, 0.25) is 5.91 Å². The first kappa shape index (κ1) is 15.8. The first-order valence-electron chi connectivity index (χ1n) is 7.29. The molecule has 0 spiro atoms. The Balaban J connectivity index is 2.41. The van der Waals surface area contributed by atoms with Gasteiger partial charge in [0.1, 0.15) is 5.82 Å². The molecule has 0 saturated carbocycles. The average molecular weight is 300 g/mol. The van der Waals surface area contributed by atoms with Gasteiger partial charge in [0, 0.05) is 35.6 Å². The molecule has 3 amide bonds. The highest BCUT2D eigenvalue weighted by Gasteiger charge is 2.09. The minimum Gasteiger partial charge on any atom is -0.338 e. The maximum Gasteiger partial charge on any atom is 0.320 e. The zero-order chi connectivity index (χ0) is 16.1. The van der Waals surface area contributed by atoms with Crippen LogP contribution >= 0.6 is 0 Å². The molecule has 1 heterocycles. The third kappa shape index (κ3) is 3.52. The van der Waals surface area contributed by atoms with Crippen LogP contribution in [0.15, 0.2) is 24.4 Å². The number of rotatable bonds is 4. The Bertz CT molecular complexity index is 713. The van der Waals surface area contributed by atoms with Gasteiger partial charge < -0.3 is 10.6 Å². The lowest BCUT2D eigenvalue weighted by Gasteiger charge is -2.12. The summed E-state index contributed by atoms with van der Waals surface area (Å²) in [6, 6.07) is 5.26. The molecule has 116 valence electrons. The number of aryl methyl sites for hydroxylation is 1. The maximum atomic E-state index is 11.7. The summed E-state index contributed by atoms with van der Waals surface area (Å²) in [5, 5.41) is 9.99. The molecule has 0 unspecified atom stereocenters. The highest BCUT2D eigenvalue weighted by Crippen LogP contribution is 2.28. The van der Waals surface area contributed by atoms with E-state index in [1.54, 1.807) is 19.2 Å². The molecule has 0 atom stereocenters. The van der Waals surface area contributed by atoms with Crippen LogP contribution < -0.4 is 16.0 Å². The molecule has 0 saturated heterocycles. The van der Waals surface area contributed by atoms with Crippen molar-refractivity contribution in [3.63, 3.8) is 0 Å². The molecule has 3 N–H and O–H groups in total. The lowest BCUT2D eigenvalue weighted by molar-refractivity contribution is -0.115. The summed E-state index contributed by atoms with van der Waals surface area (Å²) in [5.74, 6) is 0.385. The Labute approximate surface area is 129 Å². The SMILES string of the molecule is CCNC(=O)Nc1cc2c(NC(=O)CC)ccc(C)c2cn1. The van der Waals surface area contributed by atoms with Gasteiger partial charge in [0.15, 0.2) is 0 Å². The summed E-state index contributed by atoms with van der Waals surface area (Å²) in [6.07, 6.45) is 2.11. The van der Waals surface area contributed by atoms with Crippen molar-refractivity contribution in [2.45, 2.75) is 27.2 Å². The number of amides is 3. The second-order valence-corrected chi connectivity index (χ2v) is 4.93. The van der Waals surface area contributed by atoms with Crippen molar-refractivity contribution in [3.05, 3.63) is 30.0 Å². The molecule has 6 nitrogen and oxygen atoms in total. The van der Waals surface area contributed by atoms with Crippen molar-refractivity contribution >= 4 is 34.2 Å². The second kappa shape index (κ2) is 6.89. The fourth-order valence-corrected chi connectivity index (χ4v) is 2.12. The normalized spacial score (nSPS) is 10.3. The number of nitrogens with zero attached hydrogens (tertiary/aromatic N) is 1. The van der Waals surface area contributed by atoms with Crippen LogP contribution in [0.25, 0.3) is 10.8 Å². The lowest BCUT2D eigenvalue weighted by atomic mass is 10.1. The van der Waals surface area contributed by atoms with E-state index in [0.29, 0.717) is 24.5 Å². The fourth-order valence-electron chi connectivity index (χ4n) is 2.12. The lowest BCUT2D eigenvalue weighted by Crippen LogP contribution is -2.28. The highest BCUT2D eigenvalue weighted by molar-refractivity contribution is 6.04. The van der Waals surface area contributed by atoms with Gasteiger partial charge in [0.05, 0.1) is 0 Å². The van der Waals surface area contributed by atoms with Crippen molar-refractivity contribution < 1.29 is 9.59 Å². The van der Waals surface area contributed by atoms with E-state index in [9.17, 15) is 9.59 Å². The summed E-state index contributed by atoms with van der Waals surface area (Å²) >= 11 is 0. The zero-order valence-electron chi connectivity index (χ0n) is 13.0. The molecule has 0 aliphatic carbocycles. The van der Waals surface area contributed by atoms with E-state index in [1.165, 1.54) is 0 Å². The number of nitrogens with one attached hydrogen (secondary N) is 3. The van der Waals surface area contributed by atoms with E-state index < -0.39 is 0 Å². The van der Waals surface area contributed by atoms with E-state index >= 15 is 0 Å². The van der Waals surface area contributed by atoms with Crippen LogP contribution in [0.3, 0.4) is 0 Å². The van der Waals surface area contributed by atoms with Crippen LogP contribution in [0.2, 0.25) is 0 Å². The Morgan fingerprint density at radius 1 is 1.14 bits per heavy atom. The molecular weight excluding hydrogens is 280 g/mol. The molecule has 0 aliphatic heterocycles. The van der Waals surface area contributed by atoms with Gasteiger partial charge in [-0.3, -0.25) is 10.1 Å². The molecule has 0 fully saturated rings. The fraction of sp³-hybridized carbons (Fsp3) is 0.312. The third-order valence-electron chi connectivity index (χ3n) is 3.29. The number of fused-ring (bicyclic) bond motifs is 1. The summed E-state index contributed by atoms with van der Waals surface area (Å²) in [4.78, 5) is 27.5. The van der Waals surface area contributed by atoms with Gasteiger partial charge in [-0.05, 0) is 31.5 Å². The first-order chi connectivity index (χ1) is 10.5. The Kier molecular flexibility index (Phi) is 4.93. The first-order valence-corrected chi connectivity index (χ1v) is 7.29. The van der Waals surface area contributed by atoms with E-state index in [2.05, 4.69) is 20.9 Å². The molecule has 6 heteroatoms. The van der Waals surface area contributed by atoms with Crippen LogP contribution in [0, 0.1) is 6.92 Å². The van der Waals surface area contributed by atoms with E-state index in [4.69, 9.17) is 0 Å². The van der Waals surface area contributed by atoms with Crippen molar-refractivity contribution in [1.82, 2.24) is 10.3 Å². The molecular formula is C16H20N4O2. The predicted molar refractivity (Wildman–Crippen MR) is 88.1 cm³/mol. The Morgan fingerprint density at radius 2 is 1.91 bits per heavy atom. The standard InChI is InChI=1S/C16H20N4O2/c1-4-15(21)19-13-7-6-10(3)12-9-18-14(8-11(12)13)20-16(22)17-5-2/h6-9H,4-5H2,1-3H3,(H,19,21)(H2,17,18,20,22). The van der Waals surface area contributed by atoms with Crippen LogP contribution in [0.4, 0.5) is 16.3 Å². The quantitative estimate of drug-likeness (QED) is 0.811. The number of carbonyl (C=O) groups is 2. The Hall–Kier alpha value is -2.63. The second-order valence-electron chi connectivity index (χ2n) is 4.93. The number of anilines is 2. The van der Waals surface area contributed by atoms with Gasteiger partial charge in [-0.25, -0.2) is 9.78 Å². The third-order valence-corrected chi connectivity index (χ3v) is 3.29. The highest BCUT2D eigenvalue weighted by atomic mass is 16.2. The van der Waals surface area contributed by atoms with Gasteiger partial charge in [-0.2, -0.15) is 0 Å². The molecule has 22 heavy (non-hydrogen) atoms. The van der Waals surface area contributed by atoms with Crippen LogP contribution in [0.1, 0.15) is 25.8 Å². The van der Waals surface area contributed by atoms with Gasteiger partial charge in [-0.1, -0.05) is 13.0 Å². The molecule has 0 aliphatic rings. The number of carbonyl (C=O) groups excluding carboxylic acids is 2. The number of aromatic nitrogens is 1. The van der Waals surface area contributed by atoms with Crippen molar-refractivity contribution in [2.24, 2.45) is 0 Å². The van der Waals surface area contributed by atoms with Crippen molar-refractivity contribution in [1.29, 1.82) is 0 Å². The van der Waals surface area contributed by atoms with E-state index in [-0.39, 0.29) is 11.9 Å². The van der Waals surface area contributed by atoms with E-state index in [1.807, 2.05) is 26.0 Å². The van der Waals surface area contributed by atoms with Crippen molar-refractivity contribution in [2.75, 3.05) is 17.2 Å². The average Bonchev–Trinajstić information content (AvgIpc) is 2.50. The Morgan fingerprint density at radius 3 is 2.59 bits per heavy atom. The van der Waals surface area contributed by atoms with Gasteiger partial charge >= 0.3 is 6.03 Å². The van der Waals surface area contributed by atoms with Crippen LogP contribution in [-0.2, 0) is 4.79 Å². The zero-order valence-corrected chi connectivity index (χ0v) is 13.0. The predicted octanol–water partition coefficient (Wildman–Crippen LogP) is 3.03. The summed E-state index contributed by atoms with van der Waals surface area (Å²) in [5.41, 5.74) is 1.77. The smallest absolute Gasteiger partial charge is 0.320 e. The number of urea groups is 1. The molecule has 2 rings (SSSR count). The monoisotopic (exact) mass is 300 g/mol. The molecule has 0 bridgehead atoms. The number of benzene rings is 1. The summed E-state index contributed by atoms with van der Waals surface area (Å²) in [6.45, 7) is 6.16. The molecule has 1 aromatic carbocycles. The summed E-state index contributed by atoms with van der Waals surface area (Å²) in [7, 11) is 0. The topological polar surface area (TPSA) is 83.1 Å². The minimum atomic E-state index is -0.304. The van der Waals surface area contributed by atoms with Crippen LogP contribution in [-0.4, -0.2) is 23.5 Å². The summed E-state index contributed by atoms with van der Waals surface area (Å²) < 4.78 is 0. The largest absolute Gasteiger partial charge is 0.338 e. The van der Waals surface area contributed by atoms with Crippen molar-refractivity contribution in [3.8, 4) is 0 Å². The molecule has 1 aromatic heterocycles. The van der Waals surface area contributed by atoms with Crippen LogP contribution in [0.5, 0.6) is 0 Å². The van der Waals surface area contributed by atoms with Gasteiger partial charge in [-0.15, -0.1) is 0 Å². The van der Waals surface area contributed by atoms with Gasteiger partial charge in [0.25, 0.3) is 0 Å². The molecule has 2 aromatic rings. The minimum absolute atomic E-state index is 0.0554. The molecule has 0 radical (unpaired) electrons. The van der Waals surface area contributed by atoms with E-state index in [0.717, 1.165) is 16.3 Å². The number of hydrogen-bond donors (Lipinski definition) is 3. The maximum absolute atomic E-state index is 11.7. The number of pyridine rings is 1.